The van der Waals surface area contributed by atoms with Crippen molar-refractivity contribution in [1.82, 2.24) is 25.6 Å². The van der Waals surface area contributed by atoms with Gasteiger partial charge in [-0.15, -0.1) is 10.2 Å². The summed E-state index contributed by atoms with van der Waals surface area (Å²) in [6.45, 7) is 1.56. The molecule has 1 heterocycles. The van der Waals surface area contributed by atoms with E-state index in [9.17, 15) is 9.59 Å². The molecule has 2 amide bonds. The number of methoxy groups -OCH3 is 1. The number of hydrazine groups is 1. The number of amides is 2. The lowest BCUT2D eigenvalue weighted by Crippen LogP contribution is -2.41. The molecule has 0 saturated heterocycles. The van der Waals surface area contributed by atoms with Gasteiger partial charge in [-0.1, -0.05) is 11.8 Å². The van der Waals surface area contributed by atoms with Crippen molar-refractivity contribution >= 4 is 23.6 Å². The van der Waals surface area contributed by atoms with E-state index in [2.05, 4.69) is 21.0 Å². The molecule has 2 rings (SSSR count). The lowest BCUT2D eigenvalue weighted by molar-refractivity contribution is -0.126. The van der Waals surface area contributed by atoms with Crippen LogP contribution < -0.4 is 20.3 Å². The van der Waals surface area contributed by atoms with Crippen LogP contribution >= 0.6 is 11.8 Å². The number of rotatable bonds is 7. The first-order valence-electron chi connectivity index (χ1n) is 7.33. The van der Waals surface area contributed by atoms with Gasteiger partial charge < -0.3 is 14.0 Å². The number of thioether (sulfide) groups is 1. The fourth-order valence-corrected chi connectivity index (χ4v) is 2.47. The van der Waals surface area contributed by atoms with E-state index in [0.717, 1.165) is 5.75 Å². The molecule has 0 atom stereocenters. The molecular formula is C15H19N5O4S. The van der Waals surface area contributed by atoms with Crippen LogP contribution in [0, 0.1) is 0 Å². The summed E-state index contributed by atoms with van der Waals surface area (Å²) in [6.07, 6.45) is 0. The molecular weight excluding hydrogens is 346 g/mol. The van der Waals surface area contributed by atoms with Gasteiger partial charge in [-0.2, -0.15) is 0 Å². The maximum atomic E-state index is 11.6. The van der Waals surface area contributed by atoms with Crippen molar-refractivity contribution in [2.24, 2.45) is 7.05 Å². The van der Waals surface area contributed by atoms with Gasteiger partial charge in [-0.3, -0.25) is 20.4 Å². The van der Waals surface area contributed by atoms with Crippen LogP contribution in [0.4, 0.5) is 0 Å². The second-order valence-corrected chi connectivity index (χ2v) is 5.88. The van der Waals surface area contributed by atoms with Crippen molar-refractivity contribution in [2.45, 2.75) is 18.7 Å². The van der Waals surface area contributed by atoms with Crippen molar-refractivity contribution in [3.8, 4) is 11.5 Å². The molecule has 0 aliphatic heterocycles. The molecule has 10 heteroatoms. The van der Waals surface area contributed by atoms with Crippen molar-refractivity contribution in [1.29, 1.82) is 0 Å². The Hall–Kier alpha value is -2.75. The Labute approximate surface area is 149 Å². The smallest absolute Gasteiger partial charge is 0.248 e. The number of carbonyl (C=O) groups is 2. The molecule has 0 aliphatic rings. The van der Waals surface area contributed by atoms with Crippen LogP contribution in [0.5, 0.6) is 11.5 Å². The Kier molecular flexibility index (Phi) is 6.63. The average Bonchev–Trinajstić information content (AvgIpc) is 2.96. The number of ether oxygens (including phenoxy) is 2. The minimum Gasteiger partial charge on any atom is -0.497 e. The zero-order valence-corrected chi connectivity index (χ0v) is 14.9. The van der Waals surface area contributed by atoms with Crippen LogP contribution in [-0.2, 0) is 23.2 Å². The van der Waals surface area contributed by atoms with Gasteiger partial charge in [-0.05, 0) is 24.3 Å². The highest BCUT2D eigenvalue weighted by Crippen LogP contribution is 2.19. The predicted octanol–water partition coefficient (Wildman–Crippen LogP) is 0.662. The van der Waals surface area contributed by atoms with Crippen LogP contribution in [-0.4, -0.2) is 39.4 Å². The van der Waals surface area contributed by atoms with Gasteiger partial charge in [0.1, 0.15) is 18.1 Å². The third-order valence-electron chi connectivity index (χ3n) is 3.06. The number of carbonyl (C=O) groups excluding carboxylic acids is 2. The summed E-state index contributed by atoms with van der Waals surface area (Å²) in [5.41, 5.74) is 4.51. The summed E-state index contributed by atoms with van der Waals surface area (Å²) in [6, 6.07) is 7.22. The van der Waals surface area contributed by atoms with E-state index in [0.29, 0.717) is 16.7 Å². The van der Waals surface area contributed by atoms with E-state index in [1.54, 1.807) is 43.0 Å². The molecule has 9 nitrogen and oxygen atoms in total. The second-order valence-electron chi connectivity index (χ2n) is 4.94. The molecule has 0 spiro atoms. The van der Waals surface area contributed by atoms with Crippen molar-refractivity contribution in [3.63, 3.8) is 0 Å². The van der Waals surface area contributed by atoms with Crippen molar-refractivity contribution in [3.05, 3.63) is 30.1 Å². The Morgan fingerprint density at radius 3 is 2.48 bits per heavy atom. The Morgan fingerprint density at radius 1 is 1.16 bits per heavy atom. The van der Waals surface area contributed by atoms with E-state index in [-0.39, 0.29) is 24.2 Å². The molecule has 0 fully saturated rings. The van der Waals surface area contributed by atoms with Gasteiger partial charge in [0, 0.05) is 14.0 Å². The maximum absolute atomic E-state index is 11.6. The van der Waals surface area contributed by atoms with Gasteiger partial charge in [0.25, 0.3) is 0 Å². The second kappa shape index (κ2) is 8.92. The molecule has 134 valence electrons. The van der Waals surface area contributed by atoms with Crippen LogP contribution in [0.3, 0.4) is 0 Å². The molecule has 0 aliphatic carbocycles. The number of hydrogen-bond donors (Lipinski definition) is 2. The van der Waals surface area contributed by atoms with Gasteiger partial charge in [0.05, 0.1) is 12.9 Å². The van der Waals surface area contributed by atoms with Crippen LogP contribution in [0.25, 0.3) is 0 Å². The summed E-state index contributed by atoms with van der Waals surface area (Å²) >= 11 is 1.21. The molecule has 2 aromatic rings. The fraction of sp³-hybridized carbons (Fsp3) is 0.333. The van der Waals surface area contributed by atoms with Crippen molar-refractivity contribution < 1.29 is 19.1 Å². The number of nitrogens with zero attached hydrogens (tertiary/aromatic N) is 3. The van der Waals surface area contributed by atoms with Gasteiger partial charge in [-0.25, -0.2) is 0 Å². The Morgan fingerprint density at radius 2 is 1.84 bits per heavy atom. The molecule has 2 N–H and O–H groups in total. The summed E-state index contributed by atoms with van der Waals surface area (Å²) in [4.78, 5) is 22.3. The Balaban J connectivity index is 1.85. The fourth-order valence-electron chi connectivity index (χ4n) is 1.74. The zero-order chi connectivity index (χ0) is 18.2. The standard InChI is InChI=1S/C15H19N5O4S/c1-10(21)16-18-14(22)9-25-15-19-17-13(20(15)2)8-24-12-6-4-11(23-3)5-7-12/h4-7H,8-9H2,1-3H3,(H,16,21)(H,18,22). The van der Waals surface area contributed by atoms with E-state index >= 15 is 0 Å². The van der Waals surface area contributed by atoms with Crippen LogP contribution in [0.15, 0.2) is 29.4 Å². The molecule has 25 heavy (non-hydrogen) atoms. The molecule has 1 aromatic heterocycles. The van der Waals surface area contributed by atoms with Gasteiger partial charge >= 0.3 is 0 Å². The van der Waals surface area contributed by atoms with E-state index in [1.807, 2.05) is 0 Å². The highest BCUT2D eigenvalue weighted by atomic mass is 32.2. The summed E-state index contributed by atoms with van der Waals surface area (Å²) in [7, 11) is 3.39. The number of nitrogens with one attached hydrogen (secondary N) is 2. The number of aromatic nitrogens is 3. The van der Waals surface area contributed by atoms with Gasteiger partial charge in [0.2, 0.25) is 11.8 Å². The van der Waals surface area contributed by atoms with Gasteiger partial charge in [0.15, 0.2) is 11.0 Å². The van der Waals surface area contributed by atoms with E-state index in [4.69, 9.17) is 9.47 Å². The first-order valence-corrected chi connectivity index (χ1v) is 8.31. The third kappa shape index (κ3) is 5.68. The lowest BCUT2D eigenvalue weighted by atomic mass is 10.3. The summed E-state index contributed by atoms with van der Waals surface area (Å²) < 4.78 is 12.5. The first kappa shape index (κ1) is 18.6. The van der Waals surface area contributed by atoms with Crippen molar-refractivity contribution in [2.75, 3.05) is 12.9 Å². The average molecular weight is 365 g/mol. The largest absolute Gasteiger partial charge is 0.497 e. The highest BCUT2D eigenvalue weighted by Gasteiger charge is 2.12. The lowest BCUT2D eigenvalue weighted by Gasteiger charge is -2.07. The molecule has 1 aromatic carbocycles. The normalized spacial score (nSPS) is 10.2. The van der Waals surface area contributed by atoms with E-state index < -0.39 is 0 Å². The number of benzene rings is 1. The van der Waals surface area contributed by atoms with Crippen LogP contribution in [0.1, 0.15) is 12.7 Å². The Bertz CT molecular complexity index is 732. The van der Waals surface area contributed by atoms with E-state index in [1.165, 1.54) is 18.7 Å². The SMILES string of the molecule is COc1ccc(OCc2nnc(SCC(=O)NNC(C)=O)n2C)cc1. The highest BCUT2D eigenvalue weighted by molar-refractivity contribution is 7.99. The van der Waals surface area contributed by atoms with Crippen LogP contribution in [0.2, 0.25) is 0 Å². The topological polar surface area (TPSA) is 107 Å². The third-order valence-corrected chi connectivity index (χ3v) is 4.08. The first-order chi connectivity index (χ1) is 12.0. The zero-order valence-electron chi connectivity index (χ0n) is 14.1. The minimum absolute atomic E-state index is 0.103. The molecule has 0 saturated carbocycles. The quantitative estimate of drug-likeness (QED) is 0.548. The summed E-state index contributed by atoms with van der Waals surface area (Å²) in [5.74, 6) is 1.50. The monoisotopic (exact) mass is 365 g/mol. The minimum atomic E-state index is -0.338. The molecule has 0 radical (unpaired) electrons. The summed E-state index contributed by atoms with van der Waals surface area (Å²) in [5, 5.41) is 8.66. The number of hydrogen-bond acceptors (Lipinski definition) is 7. The maximum Gasteiger partial charge on any atom is 0.248 e. The molecule has 0 unspecified atom stereocenters. The predicted molar refractivity (Wildman–Crippen MR) is 91.0 cm³/mol. The molecule has 0 bridgehead atoms.